The van der Waals surface area contributed by atoms with Gasteiger partial charge >= 0.3 is 6.09 Å². The van der Waals surface area contributed by atoms with Crippen molar-refractivity contribution in [2.24, 2.45) is 0 Å². The van der Waals surface area contributed by atoms with E-state index in [9.17, 15) is 4.79 Å². The standard InChI is InChI=1S/C13H13NO2/c1-9-3-4-11-8-12(14(2)13(15)16)6-5-10(11)7-9/h3-8H,1-2H3,(H,15,16). The first-order valence-corrected chi connectivity index (χ1v) is 5.05. The minimum absolute atomic E-state index is 0.684. The summed E-state index contributed by atoms with van der Waals surface area (Å²) in [6.45, 7) is 2.04. The summed E-state index contributed by atoms with van der Waals surface area (Å²) in [4.78, 5) is 12.0. The monoisotopic (exact) mass is 215 g/mol. The molecule has 2 aromatic rings. The maximum atomic E-state index is 10.8. The van der Waals surface area contributed by atoms with Crippen LogP contribution in [0.5, 0.6) is 0 Å². The fourth-order valence-electron chi connectivity index (χ4n) is 1.67. The number of fused-ring (bicyclic) bond motifs is 1. The van der Waals surface area contributed by atoms with Gasteiger partial charge in [0.25, 0.3) is 0 Å². The molecule has 0 saturated carbocycles. The van der Waals surface area contributed by atoms with Crippen LogP contribution in [0.1, 0.15) is 5.56 Å². The van der Waals surface area contributed by atoms with Crippen LogP contribution in [0.4, 0.5) is 10.5 Å². The molecule has 0 aliphatic heterocycles. The van der Waals surface area contributed by atoms with Crippen LogP contribution in [0, 0.1) is 6.92 Å². The van der Waals surface area contributed by atoms with Gasteiger partial charge in [-0.1, -0.05) is 29.8 Å². The van der Waals surface area contributed by atoms with E-state index in [1.807, 2.05) is 37.3 Å². The van der Waals surface area contributed by atoms with Gasteiger partial charge in [-0.3, -0.25) is 4.90 Å². The Labute approximate surface area is 93.9 Å². The zero-order valence-corrected chi connectivity index (χ0v) is 9.27. The Morgan fingerprint density at radius 2 is 1.75 bits per heavy atom. The molecule has 0 unspecified atom stereocenters. The highest BCUT2D eigenvalue weighted by atomic mass is 16.4. The molecule has 82 valence electrons. The summed E-state index contributed by atoms with van der Waals surface area (Å²) in [6, 6.07) is 11.7. The Morgan fingerprint density at radius 1 is 1.12 bits per heavy atom. The van der Waals surface area contributed by atoms with Crippen LogP contribution in [0.25, 0.3) is 10.8 Å². The van der Waals surface area contributed by atoms with Gasteiger partial charge in [-0.05, 0) is 29.8 Å². The normalized spacial score (nSPS) is 10.4. The van der Waals surface area contributed by atoms with Crippen molar-refractivity contribution in [1.82, 2.24) is 0 Å². The third kappa shape index (κ3) is 1.84. The predicted octanol–water partition coefficient (Wildman–Crippen LogP) is 3.26. The number of hydrogen-bond donors (Lipinski definition) is 1. The van der Waals surface area contributed by atoms with E-state index in [1.54, 1.807) is 0 Å². The van der Waals surface area contributed by atoms with E-state index in [0.29, 0.717) is 5.69 Å². The van der Waals surface area contributed by atoms with Crippen LogP contribution in [0.15, 0.2) is 36.4 Å². The largest absolute Gasteiger partial charge is 0.465 e. The van der Waals surface area contributed by atoms with Crippen molar-refractivity contribution in [3.8, 4) is 0 Å². The number of hydrogen-bond acceptors (Lipinski definition) is 1. The summed E-state index contributed by atoms with van der Waals surface area (Å²) in [5.41, 5.74) is 1.88. The second-order valence-electron chi connectivity index (χ2n) is 3.88. The van der Waals surface area contributed by atoms with Crippen LogP contribution in [-0.2, 0) is 0 Å². The molecule has 0 fully saturated rings. The molecule has 0 aromatic heterocycles. The molecular weight excluding hydrogens is 202 g/mol. The van der Waals surface area contributed by atoms with Crippen LogP contribution >= 0.6 is 0 Å². The number of anilines is 1. The van der Waals surface area contributed by atoms with Gasteiger partial charge in [0.1, 0.15) is 0 Å². The lowest BCUT2D eigenvalue weighted by atomic mass is 10.1. The van der Waals surface area contributed by atoms with Crippen LogP contribution in [0.2, 0.25) is 0 Å². The summed E-state index contributed by atoms with van der Waals surface area (Å²) in [5.74, 6) is 0. The second kappa shape index (κ2) is 3.85. The summed E-state index contributed by atoms with van der Waals surface area (Å²) < 4.78 is 0. The third-order valence-electron chi connectivity index (χ3n) is 2.65. The molecule has 0 aliphatic rings. The van der Waals surface area contributed by atoms with Crippen LogP contribution in [-0.4, -0.2) is 18.2 Å². The smallest absolute Gasteiger partial charge is 0.411 e. The molecule has 0 aliphatic carbocycles. The van der Waals surface area contributed by atoms with Crippen LogP contribution < -0.4 is 4.90 Å². The van der Waals surface area contributed by atoms with Crippen molar-refractivity contribution in [3.63, 3.8) is 0 Å². The van der Waals surface area contributed by atoms with Gasteiger partial charge in [0, 0.05) is 12.7 Å². The van der Waals surface area contributed by atoms with Crippen molar-refractivity contribution < 1.29 is 9.90 Å². The number of carbonyl (C=O) groups is 1. The van der Waals surface area contributed by atoms with Gasteiger partial charge in [0.2, 0.25) is 0 Å². The minimum atomic E-state index is -0.952. The first kappa shape index (κ1) is 10.5. The number of carboxylic acid groups (broad SMARTS) is 1. The molecule has 2 rings (SSSR count). The number of aryl methyl sites for hydroxylation is 1. The van der Waals surface area contributed by atoms with Gasteiger partial charge in [-0.2, -0.15) is 0 Å². The zero-order valence-electron chi connectivity index (χ0n) is 9.27. The van der Waals surface area contributed by atoms with Crippen molar-refractivity contribution in [2.75, 3.05) is 11.9 Å². The van der Waals surface area contributed by atoms with E-state index in [4.69, 9.17) is 5.11 Å². The Kier molecular flexibility index (Phi) is 2.52. The molecule has 0 heterocycles. The van der Waals surface area contributed by atoms with E-state index in [1.165, 1.54) is 17.5 Å². The van der Waals surface area contributed by atoms with Gasteiger partial charge < -0.3 is 5.11 Å². The molecule has 3 heteroatoms. The molecule has 0 bridgehead atoms. The van der Waals surface area contributed by atoms with Crippen molar-refractivity contribution in [2.45, 2.75) is 6.92 Å². The lowest BCUT2D eigenvalue weighted by Crippen LogP contribution is -2.23. The van der Waals surface area contributed by atoms with Crippen molar-refractivity contribution in [1.29, 1.82) is 0 Å². The molecule has 1 N–H and O–H groups in total. The molecule has 0 radical (unpaired) electrons. The lowest BCUT2D eigenvalue weighted by molar-refractivity contribution is 0.203. The zero-order chi connectivity index (χ0) is 11.7. The average Bonchev–Trinajstić information content (AvgIpc) is 2.27. The first-order chi connectivity index (χ1) is 7.58. The predicted molar refractivity (Wildman–Crippen MR) is 65.1 cm³/mol. The second-order valence-corrected chi connectivity index (χ2v) is 3.88. The average molecular weight is 215 g/mol. The van der Waals surface area contributed by atoms with Gasteiger partial charge in [0.05, 0.1) is 0 Å². The van der Waals surface area contributed by atoms with Crippen molar-refractivity contribution in [3.05, 3.63) is 42.0 Å². The highest BCUT2D eigenvalue weighted by Gasteiger charge is 2.08. The summed E-state index contributed by atoms with van der Waals surface area (Å²) >= 11 is 0. The molecule has 0 atom stereocenters. The summed E-state index contributed by atoms with van der Waals surface area (Å²) in [7, 11) is 1.54. The van der Waals surface area contributed by atoms with E-state index in [2.05, 4.69) is 6.07 Å². The Hall–Kier alpha value is -2.03. The summed E-state index contributed by atoms with van der Waals surface area (Å²) in [5, 5.41) is 11.1. The maximum absolute atomic E-state index is 10.8. The highest BCUT2D eigenvalue weighted by molar-refractivity contribution is 5.92. The first-order valence-electron chi connectivity index (χ1n) is 5.05. The number of nitrogens with zero attached hydrogens (tertiary/aromatic N) is 1. The molecular formula is C13H13NO2. The fraction of sp³-hybridized carbons (Fsp3) is 0.154. The number of amides is 1. The molecule has 0 spiro atoms. The van der Waals surface area contributed by atoms with E-state index in [0.717, 1.165) is 10.8 Å². The quantitative estimate of drug-likeness (QED) is 0.793. The number of rotatable bonds is 1. The van der Waals surface area contributed by atoms with Gasteiger partial charge in [-0.25, -0.2) is 4.79 Å². The Balaban J connectivity index is 2.52. The van der Waals surface area contributed by atoms with Crippen LogP contribution in [0.3, 0.4) is 0 Å². The Morgan fingerprint density at radius 3 is 2.44 bits per heavy atom. The van der Waals surface area contributed by atoms with Crippen molar-refractivity contribution >= 4 is 22.6 Å². The molecule has 1 amide bonds. The molecule has 16 heavy (non-hydrogen) atoms. The third-order valence-corrected chi connectivity index (χ3v) is 2.65. The maximum Gasteiger partial charge on any atom is 0.411 e. The van der Waals surface area contributed by atoms with E-state index >= 15 is 0 Å². The number of benzene rings is 2. The Bertz CT molecular complexity index is 549. The lowest BCUT2D eigenvalue weighted by Gasteiger charge is -2.13. The molecule has 2 aromatic carbocycles. The molecule has 0 saturated heterocycles. The topological polar surface area (TPSA) is 40.5 Å². The summed E-state index contributed by atoms with van der Waals surface area (Å²) in [6.07, 6.45) is -0.952. The fourth-order valence-corrected chi connectivity index (χ4v) is 1.67. The van der Waals surface area contributed by atoms with Gasteiger partial charge in [-0.15, -0.1) is 0 Å². The van der Waals surface area contributed by atoms with E-state index < -0.39 is 6.09 Å². The van der Waals surface area contributed by atoms with Gasteiger partial charge in [0.15, 0.2) is 0 Å². The van der Waals surface area contributed by atoms with E-state index in [-0.39, 0.29) is 0 Å². The highest BCUT2D eigenvalue weighted by Crippen LogP contribution is 2.22. The minimum Gasteiger partial charge on any atom is -0.465 e. The molecule has 3 nitrogen and oxygen atoms in total. The SMILES string of the molecule is Cc1ccc2cc(N(C)C(=O)O)ccc2c1.